The molecule has 132 valence electrons. The van der Waals surface area contributed by atoms with Crippen LogP contribution < -0.4 is 4.74 Å². The maximum atomic E-state index is 12.7. The first-order chi connectivity index (χ1) is 12.7. The van der Waals surface area contributed by atoms with Crippen LogP contribution in [0.5, 0.6) is 5.88 Å². The zero-order valence-corrected chi connectivity index (χ0v) is 14.8. The monoisotopic (exact) mass is 368 g/mol. The van der Waals surface area contributed by atoms with Crippen LogP contribution in [0.15, 0.2) is 54.7 Å². The number of aromatic nitrogens is 3. The van der Waals surface area contributed by atoms with E-state index in [9.17, 15) is 4.79 Å². The third kappa shape index (κ3) is 3.41. The van der Waals surface area contributed by atoms with Crippen molar-refractivity contribution in [3.8, 4) is 5.88 Å². The van der Waals surface area contributed by atoms with Gasteiger partial charge in [0.15, 0.2) is 0 Å². The Kier molecular flexibility index (Phi) is 4.58. The van der Waals surface area contributed by atoms with E-state index in [1.165, 1.54) is 0 Å². The molecular weight excluding hydrogens is 352 g/mol. The van der Waals surface area contributed by atoms with Gasteiger partial charge in [0.2, 0.25) is 5.88 Å². The molecule has 0 aliphatic carbocycles. The molecule has 0 saturated carbocycles. The van der Waals surface area contributed by atoms with Crippen molar-refractivity contribution in [3.63, 3.8) is 0 Å². The number of nitrogens with zero attached hydrogens (tertiary/aromatic N) is 4. The SMILES string of the molecule is O=C(c1ncccc1Cl)N1CCn2nc(OCc3ccccc3)cc2C1. The largest absolute Gasteiger partial charge is 0.472 e. The number of benzene rings is 1. The van der Waals surface area contributed by atoms with Crippen molar-refractivity contribution in [1.29, 1.82) is 0 Å². The Hall–Kier alpha value is -2.86. The van der Waals surface area contributed by atoms with Crippen LogP contribution in [0.1, 0.15) is 21.7 Å². The van der Waals surface area contributed by atoms with Gasteiger partial charge in [-0.15, -0.1) is 5.10 Å². The maximum absolute atomic E-state index is 12.7. The highest BCUT2D eigenvalue weighted by atomic mass is 35.5. The van der Waals surface area contributed by atoms with Gasteiger partial charge in [-0.25, -0.2) is 4.98 Å². The van der Waals surface area contributed by atoms with Crippen molar-refractivity contribution in [2.45, 2.75) is 19.7 Å². The second-order valence-corrected chi connectivity index (χ2v) is 6.44. The molecule has 0 fully saturated rings. The van der Waals surface area contributed by atoms with Gasteiger partial charge in [0.1, 0.15) is 12.3 Å². The molecular formula is C19H17ClN4O2. The van der Waals surface area contributed by atoms with Gasteiger partial charge in [-0.05, 0) is 17.7 Å². The van der Waals surface area contributed by atoms with Crippen molar-refractivity contribution in [1.82, 2.24) is 19.7 Å². The maximum Gasteiger partial charge on any atom is 0.274 e. The number of fused-ring (bicyclic) bond motifs is 1. The smallest absolute Gasteiger partial charge is 0.274 e. The van der Waals surface area contributed by atoms with Crippen molar-refractivity contribution in [2.75, 3.05) is 6.54 Å². The first-order valence-corrected chi connectivity index (χ1v) is 8.72. The number of pyridine rings is 1. The number of carbonyl (C=O) groups is 1. The molecule has 7 heteroatoms. The Morgan fingerprint density at radius 3 is 2.81 bits per heavy atom. The lowest BCUT2D eigenvalue weighted by atomic mass is 10.2. The molecule has 0 saturated heterocycles. The van der Waals surface area contributed by atoms with Gasteiger partial charge in [0, 0.05) is 18.8 Å². The summed E-state index contributed by atoms with van der Waals surface area (Å²) < 4.78 is 7.65. The molecule has 0 bridgehead atoms. The van der Waals surface area contributed by atoms with E-state index in [4.69, 9.17) is 16.3 Å². The Morgan fingerprint density at radius 1 is 1.15 bits per heavy atom. The lowest BCUT2D eigenvalue weighted by Gasteiger charge is -2.27. The van der Waals surface area contributed by atoms with Gasteiger partial charge >= 0.3 is 0 Å². The molecule has 0 spiro atoms. The highest BCUT2D eigenvalue weighted by Crippen LogP contribution is 2.22. The molecule has 0 radical (unpaired) electrons. The standard InChI is InChI=1S/C19H17ClN4O2/c20-16-7-4-8-21-18(16)19(25)23-9-10-24-15(12-23)11-17(22-24)26-13-14-5-2-1-3-6-14/h1-8,11H,9-10,12-13H2. The number of hydrogen-bond acceptors (Lipinski definition) is 4. The van der Waals surface area contributed by atoms with Crippen LogP contribution in [-0.4, -0.2) is 32.1 Å². The van der Waals surface area contributed by atoms with Crippen LogP contribution >= 0.6 is 11.6 Å². The van der Waals surface area contributed by atoms with Crippen LogP contribution in [0.4, 0.5) is 0 Å². The van der Waals surface area contributed by atoms with E-state index in [1.807, 2.05) is 41.1 Å². The van der Waals surface area contributed by atoms with E-state index in [-0.39, 0.29) is 11.6 Å². The zero-order chi connectivity index (χ0) is 17.9. The minimum atomic E-state index is -0.171. The molecule has 0 N–H and O–H groups in total. The van der Waals surface area contributed by atoms with Crippen molar-refractivity contribution < 1.29 is 9.53 Å². The Bertz CT molecular complexity index is 926. The van der Waals surface area contributed by atoms with E-state index in [2.05, 4.69) is 10.1 Å². The minimum absolute atomic E-state index is 0.171. The topological polar surface area (TPSA) is 60.2 Å². The number of halogens is 1. The van der Waals surface area contributed by atoms with Crippen molar-refractivity contribution in [2.24, 2.45) is 0 Å². The average Bonchev–Trinajstić information content (AvgIpc) is 3.09. The summed E-state index contributed by atoms with van der Waals surface area (Å²) in [5.41, 5.74) is 2.29. The second-order valence-electron chi connectivity index (χ2n) is 6.03. The molecule has 26 heavy (non-hydrogen) atoms. The summed E-state index contributed by atoms with van der Waals surface area (Å²) >= 11 is 6.09. The number of ether oxygens (including phenoxy) is 1. The lowest BCUT2D eigenvalue weighted by Crippen LogP contribution is -2.38. The summed E-state index contributed by atoms with van der Waals surface area (Å²) in [6, 6.07) is 15.2. The van der Waals surface area contributed by atoms with E-state index >= 15 is 0 Å². The quantitative estimate of drug-likeness (QED) is 0.709. The van der Waals surface area contributed by atoms with Crippen LogP contribution in [0.25, 0.3) is 0 Å². The van der Waals surface area contributed by atoms with Crippen LogP contribution in [0.3, 0.4) is 0 Å². The Morgan fingerprint density at radius 2 is 2.00 bits per heavy atom. The van der Waals surface area contributed by atoms with E-state index in [1.54, 1.807) is 23.2 Å². The van der Waals surface area contributed by atoms with Crippen LogP contribution in [0, 0.1) is 0 Å². The highest BCUT2D eigenvalue weighted by molar-refractivity contribution is 6.33. The summed E-state index contributed by atoms with van der Waals surface area (Å²) in [7, 11) is 0. The van der Waals surface area contributed by atoms with E-state index in [0.29, 0.717) is 37.1 Å². The molecule has 1 aromatic carbocycles. The Balaban J connectivity index is 1.45. The molecule has 1 aliphatic heterocycles. The molecule has 0 atom stereocenters. The summed E-state index contributed by atoms with van der Waals surface area (Å²) in [6.45, 7) is 2.08. The van der Waals surface area contributed by atoms with Crippen molar-refractivity contribution in [3.05, 3.63) is 76.7 Å². The number of rotatable bonds is 4. The lowest BCUT2D eigenvalue weighted by molar-refractivity contribution is 0.0700. The molecule has 1 amide bonds. The van der Waals surface area contributed by atoms with Gasteiger partial charge in [-0.3, -0.25) is 9.48 Å². The van der Waals surface area contributed by atoms with Crippen molar-refractivity contribution >= 4 is 17.5 Å². The summed E-state index contributed by atoms with van der Waals surface area (Å²) in [4.78, 5) is 18.5. The van der Waals surface area contributed by atoms with Gasteiger partial charge in [0.25, 0.3) is 5.91 Å². The number of amides is 1. The van der Waals surface area contributed by atoms with Gasteiger partial charge in [-0.1, -0.05) is 41.9 Å². The predicted octanol–water partition coefficient (Wildman–Crippen LogP) is 3.17. The summed E-state index contributed by atoms with van der Waals surface area (Å²) in [6.07, 6.45) is 1.57. The molecule has 4 rings (SSSR count). The third-order valence-electron chi connectivity index (χ3n) is 4.25. The Labute approximate surface area is 156 Å². The molecule has 3 aromatic rings. The zero-order valence-electron chi connectivity index (χ0n) is 14.0. The van der Waals surface area contributed by atoms with Gasteiger partial charge < -0.3 is 9.64 Å². The highest BCUT2D eigenvalue weighted by Gasteiger charge is 2.25. The fourth-order valence-corrected chi connectivity index (χ4v) is 3.11. The van der Waals surface area contributed by atoms with E-state index < -0.39 is 0 Å². The second kappa shape index (κ2) is 7.17. The normalized spacial score (nSPS) is 13.3. The summed E-state index contributed by atoms with van der Waals surface area (Å²) in [5.74, 6) is 0.392. The van der Waals surface area contributed by atoms with Crippen LogP contribution in [0.2, 0.25) is 5.02 Å². The molecule has 1 aliphatic rings. The predicted molar refractivity (Wildman–Crippen MR) is 97.0 cm³/mol. The number of hydrogen-bond donors (Lipinski definition) is 0. The van der Waals surface area contributed by atoms with Crippen LogP contribution in [-0.2, 0) is 19.7 Å². The fraction of sp³-hybridized carbons (Fsp3) is 0.211. The van der Waals surface area contributed by atoms with Gasteiger partial charge in [0.05, 0.1) is 23.8 Å². The first kappa shape index (κ1) is 16.6. The molecule has 2 aromatic heterocycles. The summed E-state index contributed by atoms with van der Waals surface area (Å²) in [5, 5.41) is 4.83. The molecule has 6 nitrogen and oxygen atoms in total. The third-order valence-corrected chi connectivity index (χ3v) is 4.56. The molecule has 3 heterocycles. The van der Waals surface area contributed by atoms with Gasteiger partial charge in [-0.2, -0.15) is 0 Å². The van der Waals surface area contributed by atoms with E-state index in [0.717, 1.165) is 11.3 Å². The first-order valence-electron chi connectivity index (χ1n) is 8.34. The fourth-order valence-electron chi connectivity index (χ4n) is 2.91. The molecule has 0 unspecified atom stereocenters. The average molecular weight is 369 g/mol. The number of carbonyl (C=O) groups excluding carboxylic acids is 1. The minimum Gasteiger partial charge on any atom is -0.472 e.